The Morgan fingerprint density at radius 2 is 1.80 bits per heavy atom. The highest BCUT2D eigenvalue weighted by Crippen LogP contribution is 2.09. The zero-order valence-electron chi connectivity index (χ0n) is 13.0. The summed E-state index contributed by atoms with van der Waals surface area (Å²) in [5, 5.41) is 3.15. The molecule has 1 aromatic rings. The van der Waals surface area contributed by atoms with Gasteiger partial charge in [0.1, 0.15) is 11.5 Å². The molecule has 0 bridgehead atoms. The number of nitrogens with one attached hydrogen (secondary N) is 1. The average Bonchev–Trinajstić information content (AvgIpc) is 2.47. The molecule has 0 aromatic carbocycles. The number of rotatable bonds is 9. The average molecular weight is 277 g/mol. The number of hydrogen-bond acceptors (Lipinski definition) is 3. The van der Waals surface area contributed by atoms with E-state index in [9.17, 15) is 4.79 Å². The molecule has 1 N–H and O–H groups in total. The molecule has 0 spiro atoms. The van der Waals surface area contributed by atoms with Crippen LogP contribution in [0.15, 0.2) is 18.2 Å². The van der Waals surface area contributed by atoms with E-state index in [2.05, 4.69) is 24.1 Å². The molecule has 4 nitrogen and oxygen atoms in total. The molecule has 4 heteroatoms. The molecule has 112 valence electrons. The van der Waals surface area contributed by atoms with Gasteiger partial charge in [0.05, 0.1) is 0 Å². The van der Waals surface area contributed by atoms with Crippen molar-refractivity contribution in [2.24, 2.45) is 0 Å². The molecule has 20 heavy (non-hydrogen) atoms. The first-order valence-electron chi connectivity index (χ1n) is 7.73. The fourth-order valence-electron chi connectivity index (χ4n) is 2.01. The maximum Gasteiger partial charge on any atom is 0.272 e. The number of pyridine rings is 1. The Labute approximate surface area is 122 Å². The molecule has 1 aromatic heterocycles. The van der Waals surface area contributed by atoms with Gasteiger partial charge in [0, 0.05) is 19.6 Å². The first-order valence-corrected chi connectivity index (χ1v) is 7.73. The van der Waals surface area contributed by atoms with E-state index in [1.54, 1.807) is 6.07 Å². The predicted molar refractivity (Wildman–Crippen MR) is 84.1 cm³/mol. The van der Waals surface area contributed by atoms with Crippen molar-refractivity contribution < 1.29 is 4.79 Å². The number of amides is 1. The van der Waals surface area contributed by atoms with E-state index in [0.29, 0.717) is 5.69 Å². The third kappa shape index (κ3) is 5.19. The molecule has 0 aliphatic heterocycles. The fraction of sp³-hybridized carbons (Fsp3) is 0.625. The molecular weight excluding hydrogens is 250 g/mol. The Morgan fingerprint density at radius 1 is 1.15 bits per heavy atom. The van der Waals surface area contributed by atoms with Gasteiger partial charge in [-0.3, -0.25) is 4.79 Å². The number of carbonyl (C=O) groups excluding carboxylic acids is 1. The Hall–Kier alpha value is -1.58. The maximum atomic E-state index is 12.5. The number of nitrogens with zero attached hydrogens (tertiary/aromatic N) is 2. The smallest absolute Gasteiger partial charge is 0.272 e. The Bertz CT molecular complexity index is 398. The number of hydrogen-bond donors (Lipinski definition) is 1. The van der Waals surface area contributed by atoms with Gasteiger partial charge in [-0.1, -0.05) is 32.8 Å². The minimum Gasteiger partial charge on any atom is -0.370 e. The van der Waals surface area contributed by atoms with Crippen molar-refractivity contribution in [2.75, 3.05) is 25.0 Å². The van der Waals surface area contributed by atoms with Gasteiger partial charge < -0.3 is 10.2 Å². The van der Waals surface area contributed by atoms with E-state index in [4.69, 9.17) is 0 Å². The topological polar surface area (TPSA) is 45.2 Å². The molecule has 1 amide bonds. The monoisotopic (exact) mass is 277 g/mol. The highest BCUT2D eigenvalue weighted by atomic mass is 16.2. The van der Waals surface area contributed by atoms with Crippen LogP contribution in [0.1, 0.15) is 56.9 Å². The van der Waals surface area contributed by atoms with Crippen LogP contribution in [0.5, 0.6) is 0 Å². The summed E-state index contributed by atoms with van der Waals surface area (Å²) in [6.07, 6.45) is 4.28. The van der Waals surface area contributed by atoms with E-state index >= 15 is 0 Å². The van der Waals surface area contributed by atoms with Crippen molar-refractivity contribution in [3.8, 4) is 0 Å². The summed E-state index contributed by atoms with van der Waals surface area (Å²) in [6, 6.07) is 5.58. The summed E-state index contributed by atoms with van der Waals surface area (Å²) < 4.78 is 0. The quantitative estimate of drug-likeness (QED) is 0.750. The van der Waals surface area contributed by atoms with Gasteiger partial charge in [-0.2, -0.15) is 0 Å². The Morgan fingerprint density at radius 3 is 2.35 bits per heavy atom. The summed E-state index contributed by atoms with van der Waals surface area (Å²) in [5.41, 5.74) is 0.538. The highest BCUT2D eigenvalue weighted by molar-refractivity contribution is 5.92. The van der Waals surface area contributed by atoms with E-state index in [-0.39, 0.29) is 5.91 Å². The third-order valence-corrected chi connectivity index (χ3v) is 3.18. The zero-order valence-corrected chi connectivity index (χ0v) is 13.0. The van der Waals surface area contributed by atoms with E-state index in [1.807, 2.05) is 24.0 Å². The lowest BCUT2D eigenvalue weighted by molar-refractivity contribution is 0.0745. The molecule has 0 saturated heterocycles. The third-order valence-electron chi connectivity index (χ3n) is 3.18. The van der Waals surface area contributed by atoms with Crippen LogP contribution in [0.25, 0.3) is 0 Å². The van der Waals surface area contributed by atoms with E-state index in [0.717, 1.165) is 51.1 Å². The lowest BCUT2D eigenvalue weighted by Crippen LogP contribution is -2.33. The lowest BCUT2D eigenvalue weighted by atomic mass is 10.2. The second kappa shape index (κ2) is 9.34. The molecule has 0 radical (unpaired) electrons. The number of unbranched alkanes of at least 4 members (excludes halogenated alkanes) is 2. The van der Waals surface area contributed by atoms with Crippen molar-refractivity contribution >= 4 is 11.7 Å². The second-order valence-corrected chi connectivity index (χ2v) is 4.94. The van der Waals surface area contributed by atoms with E-state index in [1.165, 1.54) is 0 Å². The van der Waals surface area contributed by atoms with Crippen LogP contribution >= 0.6 is 0 Å². The minimum atomic E-state index is 0.0478. The van der Waals surface area contributed by atoms with E-state index < -0.39 is 0 Å². The number of carbonyl (C=O) groups is 1. The van der Waals surface area contributed by atoms with Crippen LogP contribution in [0.4, 0.5) is 5.82 Å². The van der Waals surface area contributed by atoms with Gasteiger partial charge in [-0.25, -0.2) is 4.98 Å². The molecule has 0 fully saturated rings. The van der Waals surface area contributed by atoms with Gasteiger partial charge >= 0.3 is 0 Å². The summed E-state index contributed by atoms with van der Waals surface area (Å²) in [7, 11) is 0. The van der Waals surface area contributed by atoms with Crippen molar-refractivity contribution in [3.63, 3.8) is 0 Å². The van der Waals surface area contributed by atoms with Gasteiger partial charge in [0.25, 0.3) is 5.91 Å². The fourth-order valence-corrected chi connectivity index (χ4v) is 2.01. The predicted octanol–water partition coefficient (Wildman–Crippen LogP) is 3.56. The molecule has 0 aliphatic rings. The van der Waals surface area contributed by atoms with Crippen LogP contribution in [0.3, 0.4) is 0 Å². The van der Waals surface area contributed by atoms with Crippen LogP contribution in [0.2, 0.25) is 0 Å². The highest BCUT2D eigenvalue weighted by Gasteiger charge is 2.16. The van der Waals surface area contributed by atoms with Crippen molar-refractivity contribution in [3.05, 3.63) is 23.9 Å². The zero-order chi connectivity index (χ0) is 14.8. The molecule has 1 rings (SSSR count). The standard InChI is InChI=1S/C16H27N3O/c1-4-7-12-19(13-8-5-2)16(20)14-10-9-11-15(18-14)17-6-3/h9-11H,4-8,12-13H2,1-3H3,(H,17,18). The number of anilines is 1. The van der Waals surface area contributed by atoms with Crippen molar-refractivity contribution in [1.29, 1.82) is 0 Å². The Kier molecular flexibility index (Phi) is 7.70. The first kappa shape index (κ1) is 16.5. The summed E-state index contributed by atoms with van der Waals surface area (Å²) in [4.78, 5) is 18.9. The van der Waals surface area contributed by atoms with Gasteiger partial charge in [-0.15, -0.1) is 0 Å². The second-order valence-electron chi connectivity index (χ2n) is 4.94. The lowest BCUT2D eigenvalue weighted by Gasteiger charge is -2.22. The minimum absolute atomic E-state index is 0.0478. The van der Waals surface area contributed by atoms with Gasteiger partial charge in [0.15, 0.2) is 0 Å². The number of aromatic nitrogens is 1. The summed E-state index contributed by atoms with van der Waals surface area (Å²) in [5.74, 6) is 0.816. The first-order chi connectivity index (χ1) is 9.72. The van der Waals surface area contributed by atoms with Crippen LogP contribution in [-0.2, 0) is 0 Å². The van der Waals surface area contributed by atoms with Crippen LogP contribution in [0, 0.1) is 0 Å². The van der Waals surface area contributed by atoms with Crippen LogP contribution < -0.4 is 5.32 Å². The molecule has 0 aliphatic carbocycles. The largest absolute Gasteiger partial charge is 0.370 e. The SMILES string of the molecule is CCCCN(CCCC)C(=O)c1cccc(NCC)n1. The van der Waals surface area contributed by atoms with Crippen molar-refractivity contribution in [2.45, 2.75) is 46.5 Å². The van der Waals surface area contributed by atoms with Crippen molar-refractivity contribution in [1.82, 2.24) is 9.88 Å². The molecule has 0 unspecified atom stereocenters. The summed E-state index contributed by atoms with van der Waals surface area (Å²) in [6.45, 7) is 8.76. The van der Waals surface area contributed by atoms with Gasteiger partial charge in [0.2, 0.25) is 0 Å². The van der Waals surface area contributed by atoms with Crippen LogP contribution in [-0.4, -0.2) is 35.4 Å². The molecule has 1 heterocycles. The molecule has 0 saturated carbocycles. The molecular formula is C16H27N3O. The summed E-state index contributed by atoms with van der Waals surface area (Å²) >= 11 is 0. The maximum absolute atomic E-state index is 12.5. The van der Waals surface area contributed by atoms with Gasteiger partial charge in [-0.05, 0) is 31.9 Å². The molecule has 0 atom stereocenters. The normalized spacial score (nSPS) is 10.3. The Balaban J connectivity index is 2.78.